The SMILES string of the molecule is O=C(C1CC1)N1CCO[C@@H](c2ccccc2)C1. The molecule has 2 fully saturated rings. The summed E-state index contributed by atoms with van der Waals surface area (Å²) in [4.78, 5) is 14.0. The van der Waals surface area contributed by atoms with Gasteiger partial charge in [-0.1, -0.05) is 30.3 Å². The smallest absolute Gasteiger partial charge is 0.225 e. The van der Waals surface area contributed by atoms with Gasteiger partial charge < -0.3 is 9.64 Å². The van der Waals surface area contributed by atoms with Gasteiger partial charge in [-0.05, 0) is 18.4 Å². The Morgan fingerprint density at radius 3 is 2.71 bits per heavy atom. The first-order valence-corrected chi connectivity index (χ1v) is 6.30. The van der Waals surface area contributed by atoms with Gasteiger partial charge in [-0.25, -0.2) is 0 Å². The van der Waals surface area contributed by atoms with E-state index < -0.39 is 0 Å². The van der Waals surface area contributed by atoms with Crippen LogP contribution in [-0.2, 0) is 9.53 Å². The predicted octanol–water partition coefficient (Wildman–Crippen LogP) is 2.00. The highest BCUT2D eigenvalue weighted by molar-refractivity contribution is 5.81. The standard InChI is InChI=1S/C14H17NO2/c16-14(12-6-7-12)15-8-9-17-13(10-15)11-4-2-1-3-5-11/h1-5,12-13H,6-10H2/t13-/m1/s1. The molecule has 1 aromatic rings. The van der Waals surface area contributed by atoms with Crippen LogP contribution in [0.1, 0.15) is 24.5 Å². The zero-order valence-corrected chi connectivity index (χ0v) is 9.84. The van der Waals surface area contributed by atoms with E-state index in [9.17, 15) is 4.79 Å². The third-order valence-corrected chi connectivity index (χ3v) is 3.48. The van der Waals surface area contributed by atoms with E-state index >= 15 is 0 Å². The van der Waals surface area contributed by atoms with Crippen molar-refractivity contribution >= 4 is 5.91 Å². The maximum absolute atomic E-state index is 12.0. The minimum atomic E-state index is 0.0487. The summed E-state index contributed by atoms with van der Waals surface area (Å²) >= 11 is 0. The van der Waals surface area contributed by atoms with Crippen LogP contribution in [0.3, 0.4) is 0 Å². The molecule has 1 aromatic carbocycles. The van der Waals surface area contributed by atoms with Gasteiger partial charge in [-0.15, -0.1) is 0 Å². The van der Waals surface area contributed by atoms with Crippen LogP contribution >= 0.6 is 0 Å². The average molecular weight is 231 g/mol. The minimum absolute atomic E-state index is 0.0487. The van der Waals surface area contributed by atoms with Gasteiger partial charge in [0.2, 0.25) is 5.91 Å². The highest BCUT2D eigenvalue weighted by Crippen LogP contribution is 2.32. The minimum Gasteiger partial charge on any atom is -0.370 e. The Bertz CT molecular complexity index is 400. The molecule has 2 aliphatic rings. The second-order valence-corrected chi connectivity index (χ2v) is 4.83. The van der Waals surface area contributed by atoms with Crippen molar-refractivity contribution in [2.45, 2.75) is 18.9 Å². The number of hydrogen-bond donors (Lipinski definition) is 0. The zero-order valence-electron chi connectivity index (χ0n) is 9.84. The summed E-state index contributed by atoms with van der Waals surface area (Å²) < 4.78 is 5.75. The van der Waals surface area contributed by atoms with Crippen molar-refractivity contribution in [1.29, 1.82) is 0 Å². The molecule has 3 heteroatoms. The Balaban J connectivity index is 1.69. The van der Waals surface area contributed by atoms with Gasteiger partial charge in [-0.2, -0.15) is 0 Å². The van der Waals surface area contributed by atoms with E-state index in [0.29, 0.717) is 25.0 Å². The van der Waals surface area contributed by atoms with E-state index in [1.54, 1.807) is 0 Å². The predicted molar refractivity (Wildman–Crippen MR) is 64.4 cm³/mol. The molecule has 3 rings (SSSR count). The fourth-order valence-electron chi connectivity index (χ4n) is 2.31. The normalized spacial score (nSPS) is 24.7. The van der Waals surface area contributed by atoms with Crippen LogP contribution in [0.25, 0.3) is 0 Å². The number of morpholine rings is 1. The second-order valence-electron chi connectivity index (χ2n) is 4.83. The Kier molecular flexibility index (Phi) is 2.85. The fourth-order valence-corrected chi connectivity index (χ4v) is 2.31. The number of ether oxygens (including phenoxy) is 1. The molecule has 0 N–H and O–H groups in total. The molecular formula is C14H17NO2. The number of carbonyl (C=O) groups excluding carboxylic acids is 1. The number of nitrogens with zero attached hydrogens (tertiary/aromatic N) is 1. The monoisotopic (exact) mass is 231 g/mol. The lowest BCUT2D eigenvalue weighted by molar-refractivity contribution is -0.140. The second kappa shape index (κ2) is 4.49. The van der Waals surface area contributed by atoms with E-state index in [4.69, 9.17) is 4.74 Å². The van der Waals surface area contributed by atoms with Crippen molar-refractivity contribution in [1.82, 2.24) is 4.90 Å². The molecule has 1 atom stereocenters. The summed E-state index contributed by atoms with van der Waals surface area (Å²) in [5, 5.41) is 0. The van der Waals surface area contributed by atoms with E-state index in [-0.39, 0.29) is 6.10 Å². The summed E-state index contributed by atoms with van der Waals surface area (Å²) in [5.74, 6) is 0.638. The van der Waals surface area contributed by atoms with Gasteiger partial charge in [-0.3, -0.25) is 4.79 Å². The fraction of sp³-hybridized carbons (Fsp3) is 0.500. The summed E-state index contributed by atoms with van der Waals surface area (Å²) in [6.07, 6.45) is 2.20. The molecule has 1 aliphatic heterocycles. The lowest BCUT2D eigenvalue weighted by Gasteiger charge is -2.33. The van der Waals surface area contributed by atoms with Crippen molar-refractivity contribution in [3.63, 3.8) is 0 Å². The third-order valence-electron chi connectivity index (χ3n) is 3.48. The van der Waals surface area contributed by atoms with Crippen molar-refractivity contribution in [2.75, 3.05) is 19.7 Å². The Labute approximate surface area is 101 Å². The van der Waals surface area contributed by atoms with E-state index in [1.165, 1.54) is 5.56 Å². The van der Waals surface area contributed by atoms with Crippen molar-refractivity contribution < 1.29 is 9.53 Å². The van der Waals surface area contributed by atoms with Crippen molar-refractivity contribution in [2.24, 2.45) is 5.92 Å². The number of carbonyl (C=O) groups is 1. The third kappa shape index (κ3) is 2.34. The molecule has 1 amide bonds. The molecular weight excluding hydrogens is 214 g/mol. The summed E-state index contributed by atoms with van der Waals surface area (Å²) in [6, 6.07) is 10.2. The molecule has 0 spiro atoms. The number of benzene rings is 1. The van der Waals surface area contributed by atoms with Gasteiger partial charge in [0.25, 0.3) is 0 Å². The maximum atomic E-state index is 12.0. The first-order valence-electron chi connectivity index (χ1n) is 6.30. The lowest BCUT2D eigenvalue weighted by atomic mass is 10.1. The highest BCUT2D eigenvalue weighted by atomic mass is 16.5. The van der Waals surface area contributed by atoms with Crippen LogP contribution in [0, 0.1) is 5.92 Å². The van der Waals surface area contributed by atoms with E-state index in [2.05, 4.69) is 12.1 Å². The molecule has 0 radical (unpaired) electrons. The topological polar surface area (TPSA) is 29.5 Å². The van der Waals surface area contributed by atoms with Gasteiger partial charge >= 0.3 is 0 Å². The van der Waals surface area contributed by atoms with Crippen LogP contribution < -0.4 is 0 Å². The Morgan fingerprint density at radius 1 is 1.24 bits per heavy atom. The zero-order chi connectivity index (χ0) is 11.7. The number of rotatable bonds is 2. The molecule has 1 aliphatic carbocycles. The molecule has 1 saturated carbocycles. The summed E-state index contributed by atoms with van der Waals surface area (Å²) in [7, 11) is 0. The van der Waals surface area contributed by atoms with Crippen LogP contribution in [0.15, 0.2) is 30.3 Å². The first-order chi connectivity index (χ1) is 8.34. The van der Waals surface area contributed by atoms with Gasteiger partial charge in [0.05, 0.1) is 13.2 Å². The lowest BCUT2D eigenvalue weighted by Crippen LogP contribution is -2.42. The average Bonchev–Trinajstić information content (AvgIpc) is 3.23. The van der Waals surface area contributed by atoms with Crippen LogP contribution in [0.5, 0.6) is 0 Å². The molecule has 0 unspecified atom stereocenters. The Morgan fingerprint density at radius 2 is 2.00 bits per heavy atom. The molecule has 1 saturated heterocycles. The summed E-state index contributed by atoms with van der Waals surface area (Å²) in [5.41, 5.74) is 1.17. The van der Waals surface area contributed by atoms with Crippen molar-refractivity contribution in [3.8, 4) is 0 Å². The largest absolute Gasteiger partial charge is 0.370 e. The number of amides is 1. The molecule has 0 bridgehead atoms. The van der Waals surface area contributed by atoms with Crippen LogP contribution in [0.4, 0.5) is 0 Å². The quantitative estimate of drug-likeness (QED) is 0.779. The Hall–Kier alpha value is -1.35. The highest BCUT2D eigenvalue weighted by Gasteiger charge is 2.35. The molecule has 0 aromatic heterocycles. The van der Waals surface area contributed by atoms with Gasteiger partial charge in [0, 0.05) is 12.5 Å². The van der Waals surface area contributed by atoms with Gasteiger partial charge in [0.1, 0.15) is 6.10 Å². The van der Waals surface area contributed by atoms with Crippen molar-refractivity contribution in [3.05, 3.63) is 35.9 Å². The van der Waals surface area contributed by atoms with Crippen LogP contribution in [0.2, 0.25) is 0 Å². The molecule has 17 heavy (non-hydrogen) atoms. The van der Waals surface area contributed by atoms with E-state index in [1.807, 2.05) is 23.1 Å². The first kappa shape index (κ1) is 10.8. The van der Waals surface area contributed by atoms with Gasteiger partial charge in [0.15, 0.2) is 0 Å². The molecule has 1 heterocycles. The molecule has 3 nitrogen and oxygen atoms in total. The number of hydrogen-bond acceptors (Lipinski definition) is 2. The van der Waals surface area contributed by atoms with E-state index in [0.717, 1.165) is 19.4 Å². The maximum Gasteiger partial charge on any atom is 0.225 e. The van der Waals surface area contributed by atoms with Crippen LogP contribution in [-0.4, -0.2) is 30.5 Å². The molecule has 90 valence electrons. The summed E-state index contributed by atoms with van der Waals surface area (Å²) in [6.45, 7) is 2.11.